The Morgan fingerprint density at radius 1 is 1.17 bits per heavy atom. The minimum Gasteiger partial charge on any atom is -0.360 e. The summed E-state index contributed by atoms with van der Waals surface area (Å²) in [7, 11) is -3.66. The van der Waals surface area contributed by atoms with E-state index >= 15 is 0 Å². The van der Waals surface area contributed by atoms with Gasteiger partial charge in [-0.3, -0.25) is 4.79 Å². The van der Waals surface area contributed by atoms with E-state index in [1.807, 2.05) is 4.90 Å². The minimum atomic E-state index is -3.66. The number of aromatic nitrogens is 1. The molecule has 0 radical (unpaired) electrons. The zero-order valence-electron chi connectivity index (χ0n) is 13.6. The second kappa shape index (κ2) is 6.24. The number of sulfonamides is 1. The van der Waals surface area contributed by atoms with Gasteiger partial charge in [-0.1, -0.05) is 5.16 Å². The summed E-state index contributed by atoms with van der Waals surface area (Å²) in [6.45, 7) is 5.51. The highest BCUT2D eigenvalue weighted by molar-refractivity contribution is 7.89. The van der Waals surface area contributed by atoms with Crippen molar-refractivity contribution in [1.82, 2.24) is 14.4 Å². The number of nitrogens with zero attached hydrogens (tertiary/aromatic N) is 3. The van der Waals surface area contributed by atoms with Crippen LogP contribution in [0.1, 0.15) is 37.1 Å². The van der Waals surface area contributed by atoms with Gasteiger partial charge in [0.2, 0.25) is 15.9 Å². The number of likely N-dealkylation sites (tertiary alicyclic amines) is 1. The van der Waals surface area contributed by atoms with Crippen LogP contribution in [0.3, 0.4) is 0 Å². The Labute approximate surface area is 136 Å². The van der Waals surface area contributed by atoms with Crippen molar-refractivity contribution in [3.63, 3.8) is 0 Å². The van der Waals surface area contributed by atoms with Crippen LogP contribution >= 0.6 is 0 Å². The van der Waals surface area contributed by atoms with Gasteiger partial charge in [0.25, 0.3) is 0 Å². The minimum absolute atomic E-state index is 0.0983. The number of carbonyl (C=O) groups excluding carboxylic acids is 1. The third-order valence-corrected chi connectivity index (χ3v) is 6.83. The maximum atomic E-state index is 12.9. The van der Waals surface area contributed by atoms with Gasteiger partial charge in [0.1, 0.15) is 10.6 Å². The van der Waals surface area contributed by atoms with E-state index in [0.29, 0.717) is 24.4 Å². The average Bonchev–Trinajstić information content (AvgIpc) is 3.17. The average molecular weight is 341 g/mol. The monoisotopic (exact) mass is 341 g/mol. The van der Waals surface area contributed by atoms with Gasteiger partial charge in [0, 0.05) is 26.2 Å². The van der Waals surface area contributed by atoms with Gasteiger partial charge in [0.15, 0.2) is 5.76 Å². The molecule has 0 N–H and O–H groups in total. The van der Waals surface area contributed by atoms with E-state index in [-0.39, 0.29) is 23.3 Å². The molecule has 1 unspecified atom stereocenters. The van der Waals surface area contributed by atoms with Crippen molar-refractivity contribution in [2.45, 2.75) is 44.4 Å². The number of aryl methyl sites for hydroxylation is 2. The Bertz CT molecular complexity index is 672. The van der Waals surface area contributed by atoms with Gasteiger partial charge < -0.3 is 9.42 Å². The molecule has 0 aromatic carbocycles. The summed E-state index contributed by atoms with van der Waals surface area (Å²) in [6, 6.07) is 0. The fourth-order valence-electron chi connectivity index (χ4n) is 3.53. The van der Waals surface area contributed by atoms with Crippen molar-refractivity contribution in [2.75, 3.05) is 26.2 Å². The van der Waals surface area contributed by atoms with E-state index < -0.39 is 10.0 Å². The van der Waals surface area contributed by atoms with Crippen LogP contribution < -0.4 is 0 Å². The molecule has 0 saturated carbocycles. The van der Waals surface area contributed by atoms with Gasteiger partial charge in [-0.05, 0) is 39.5 Å². The topological polar surface area (TPSA) is 83.7 Å². The lowest BCUT2D eigenvalue weighted by molar-refractivity contribution is -0.135. The molecule has 23 heavy (non-hydrogen) atoms. The van der Waals surface area contributed by atoms with Crippen molar-refractivity contribution in [3.05, 3.63) is 11.5 Å². The van der Waals surface area contributed by atoms with Gasteiger partial charge in [-0.2, -0.15) is 4.31 Å². The second-order valence-corrected chi connectivity index (χ2v) is 8.26. The molecule has 2 aliphatic rings. The summed E-state index contributed by atoms with van der Waals surface area (Å²) >= 11 is 0. The summed E-state index contributed by atoms with van der Waals surface area (Å²) in [4.78, 5) is 14.6. The van der Waals surface area contributed by atoms with E-state index in [9.17, 15) is 13.2 Å². The smallest absolute Gasteiger partial charge is 0.248 e. The molecule has 0 aliphatic carbocycles. The SMILES string of the molecule is Cc1noc(C)c1S(=O)(=O)N1CCCC(C(=O)N2CCCC2)C1. The van der Waals surface area contributed by atoms with Gasteiger partial charge >= 0.3 is 0 Å². The number of amides is 1. The quantitative estimate of drug-likeness (QED) is 0.828. The predicted octanol–water partition coefficient (Wildman–Crippen LogP) is 1.31. The van der Waals surface area contributed by atoms with Crippen molar-refractivity contribution in [3.8, 4) is 0 Å². The maximum Gasteiger partial charge on any atom is 0.248 e. The third-order valence-electron chi connectivity index (χ3n) is 4.72. The van der Waals surface area contributed by atoms with Crippen LogP contribution in [0.15, 0.2) is 9.42 Å². The third kappa shape index (κ3) is 3.01. The Balaban J connectivity index is 1.79. The first kappa shape index (κ1) is 16.4. The van der Waals surface area contributed by atoms with Crippen LogP contribution in [0.25, 0.3) is 0 Å². The molecule has 2 aliphatic heterocycles. The van der Waals surface area contributed by atoms with Gasteiger partial charge in [-0.25, -0.2) is 8.42 Å². The highest BCUT2D eigenvalue weighted by Gasteiger charge is 2.37. The standard InChI is InChI=1S/C15H23N3O4S/c1-11-14(12(2)22-16-11)23(20,21)18-9-5-6-13(10-18)15(19)17-7-3-4-8-17/h13H,3-10H2,1-2H3. The van der Waals surface area contributed by atoms with E-state index in [4.69, 9.17) is 4.52 Å². The van der Waals surface area contributed by atoms with Crippen LogP contribution in [0.5, 0.6) is 0 Å². The fraction of sp³-hybridized carbons (Fsp3) is 0.733. The maximum absolute atomic E-state index is 12.9. The largest absolute Gasteiger partial charge is 0.360 e. The Hall–Kier alpha value is -1.41. The van der Waals surface area contributed by atoms with E-state index in [1.165, 1.54) is 4.31 Å². The Morgan fingerprint density at radius 2 is 1.87 bits per heavy atom. The predicted molar refractivity (Wildman–Crippen MR) is 83.3 cm³/mol. The molecule has 1 aromatic heterocycles. The Kier molecular flexibility index (Phi) is 4.46. The van der Waals surface area contributed by atoms with Crippen molar-refractivity contribution in [1.29, 1.82) is 0 Å². The summed E-state index contributed by atoms with van der Waals surface area (Å²) in [5.41, 5.74) is 0.371. The number of piperidine rings is 1. The number of rotatable bonds is 3. The van der Waals surface area contributed by atoms with Crippen LogP contribution in [0.4, 0.5) is 0 Å². The molecule has 3 rings (SSSR count). The zero-order valence-corrected chi connectivity index (χ0v) is 14.4. The molecule has 1 amide bonds. The molecule has 0 spiro atoms. The lowest BCUT2D eigenvalue weighted by atomic mass is 9.98. The van der Waals surface area contributed by atoms with Crippen molar-refractivity contribution < 1.29 is 17.7 Å². The number of hydrogen-bond acceptors (Lipinski definition) is 5. The van der Waals surface area contributed by atoms with E-state index in [2.05, 4.69) is 5.16 Å². The molecule has 128 valence electrons. The van der Waals surface area contributed by atoms with Gasteiger partial charge in [-0.15, -0.1) is 0 Å². The normalized spacial score (nSPS) is 23.4. The fourth-order valence-corrected chi connectivity index (χ4v) is 5.34. The number of hydrogen-bond donors (Lipinski definition) is 0. The molecular weight excluding hydrogens is 318 g/mol. The lowest BCUT2D eigenvalue weighted by Crippen LogP contribution is -2.46. The Morgan fingerprint density at radius 3 is 2.48 bits per heavy atom. The van der Waals surface area contributed by atoms with Crippen LogP contribution in [0, 0.1) is 19.8 Å². The first-order chi connectivity index (χ1) is 10.9. The van der Waals surface area contributed by atoms with E-state index in [1.54, 1.807) is 13.8 Å². The number of carbonyl (C=O) groups is 1. The molecule has 3 heterocycles. The first-order valence-electron chi connectivity index (χ1n) is 8.13. The lowest BCUT2D eigenvalue weighted by Gasteiger charge is -2.33. The molecule has 8 heteroatoms. The van der Waals surface area contributed by atoms with Crippen molar-refractivity contribution >= 4 is 15.9 Å². The molecule has 2 fully saturated rings. The van der Waals surface area contributed by atoms with Crippen LogP contribution in [0.2, 0.25) is 0 Å². The highest BCUT2D eigenvalue weighted by Crippen LogP contribution is 2.28. The summed E-state index contributed by atoms with van der Waals surface area (Å²) in [5.74, 6) is 0.161. The summed E-state index contributed by atoms with van der Waals surface area (Å²) in [6.07, 6.45) is 3.54. The highest BCUT2D eigenvalue weighted by atomic mass is 32.2. The summed E-state index contributed by atoms with van der Waals surface area (Å²) < 4.78 is 32.2. The van der Waals surface area contributed by atoms with Crippen LogP contribution in [-0.2, 0) is 14.8 Å². The van der Waals surface area contributed by atoms with E-state index in [0.717, 1.165) is 32.4 Å². The van der Waals surface area contributed by atoms with Crippen LogP contribution in [-0.4, -0.2) is 54.9 Å². The summed E-state index contributed by atoms with van der Waals surface area (Å²) in [5, 5.41) is 3.74. The molecule has 7 nitrogen and oxygen atoms in total. The zero-order chi connectivity index (χ0) is 16.6. The van der Waals surface area contributed by atoms with Crippen molar-refractivity contribution in [2.24, 2.45) is 5.92 Å². The first-order valence-corrected chi connectivity index (χ1v) is 9.57. The molecule has 1 atom stereocenters. The molecule has 2 saturated heterocycles. The van der Waals surface area contributed by atoms with Gasteiger partial charge in [0.05, 0.1) is 5.92 Å². The second-order valence-electron chi connectivity index (χ2n) is 6.39. The molecular formula is C15H23N3O4S. The molecule has 0 bridgehead atoms. The molecule has 1 aromatic rings.